The van der Waals surface area contributed by atoms with Gasteiger partial charge >= 0.3 is 6.18 Å². The fourth-order valence-corrected chi connectivity index (χ4v) is 9.34. The maximum Gasteiger partial charge on any atom is 0.416 e. The van der Waals surface area contributed by atoms with Gasteiger partial charge in [0.05, 0.1) is 5.56 Å². The number of hydrogen-bond acceptors (Lipinski definition) is 3. The highest BCUT2D eigenvalue weighted by Gasteiger charge is 2.31. The lowest BCUT2D eigenvalue weighted by Crippen LogP contribution is -2.04. The fourth-order valence-electron chi connectivity index (χ4n) is 9.34. The van der Waals surface area contributed by atoms with Crippen molar-refractivity contribution in [1.82, 2.24) is 0 Å². The molecule has 0 aliphatic heterocycles. The Morgan fingerprint density at radius 3 is 0.942 bits per heavy atom. The van der Waals surface area contributed by atoms with E-state index in [1.807, 2.05) is 121 Å². The molecule has 0 radical (unpaired) electrons. The molecule has 0 N–H and O–H groups in total. The Labute approximate surface area is 398 Å². The van der Waals surface area contributed by atoms with Crippen molar-refractivity contribution in [2.24, 2.45) is 0 Å². The van der Waals surface area contributed by atoms with Crippen molar-refractivity contribution >= 4 is 32.3 Å². The van der Waals surface area contributed by atoms with E-state index in [0.717, 1.165) is 88.1 Å². The van der Waals surface area contributed by atoms with Crippen molar-refractivity contribution in [3.8, 4) is 79.0 Å². The lowest BCUT2D eigenvalue weighted by atomic mass is 9.77. The summed E-state index contributed by atoms with van der Waals surface area (Å²) in [5.74, 6) is 3.99. The van der Waals surface area contributed by atoms with E-state index in [2.05, 4.69) is 92.7 Å². The van der Waals surface area contributed by atoms with Crippen LogP contribution in [0.2, 0.25) is 0 Å². The molecule has 0 spiro atoms. The molecule has 11 aromatic rings. The zero-order valence-electron chi connectivity index (χ0n) is 37.7. The lowest BCUT2D eigenvalue weighted by Gasteiger charge is -2.26. The van der Waals surface area contributed by atoms with Gasteiger partial charge in [-0.2, -0.15) is 13.2 Å². The van der Waals surface area contributed by atoms with E-state index < -0.39 is 11.7 Å². The summed E-state index contributed by atoms with van der Waals surface area (Å²) < 4.78 is 62.6. The van der Waals surface area contributed by atoms with Crippen LogP contribution in [0.15, 0.2) is 224 Å². The van der Waals surface area contributed by atoms with Gasteiger partial charge in [-0.25, -0.2) is 0 Å². The van der Waals surface area contributed by atoms with Crippen molar-refractivity contribution in [2.75, 3.05) is 0 Å². The average molecular weight is 905 g/mol. The molecule has 0 aliphatic rings. The smallest absolute Gasteiger partial charge is 0.416 e. The Hall–Kier alpha value is -8.61. The minimum Gasteiger partial charge on any atom is -0.457 e. The largest absolute Gasteiger partial charge is 0.457 e. The van der Waals surface area contributed by atoms with Crippen molar-refractivity contribution in [3.05, 3.63) is 241 Å². The van der Waals surface area contributed by atoms with Crippen LogP contribution in [0.25, 0.3) is 76.8 Å². The van der Waals surface area contributed by atoms with E-state index in [1.54, 1.807) is 12.1 Å². The summed E-state index contributed by atoms with van der Waals surface area (Å²) in [7, 11) is 0. The van der Waals surface area contributed by atoms with E-state index >= 15 is 0 Å². The molecule has 0 bridgehead atoms. The molecule has 0 atom stereocenters. The Kier molecular flexibility index (Phi) is 11.1. The van der Waals surface area contributed by atoms with Gasteiger partial charge in [-0.05, 0) is 176 Å². The number of alkyl halides is 3. The molecule has 3 nitrogen and oxygen atoms in total. The first-order valence-corrected chi connectivity index (χ1v) is 22.8. The Morgan fingerprint density at radius 1 is 0.290 bits per heavy atom. The molecule has 0 amide bonds. The Bertz CT molecular complexity index is 3630. The summed E-state index contributed by atoms with van der Waals surface area (Å²) in [5.41, 5.74) is 8.53. The number of ether oxygens (including phenoxy) is 3. The SMILES string of the molecule is Cc1ccc(-c2c3ccc(Oc4ccccc4)cc3c(-c3ccc(C)cc3)c3c(-c4ccc(Oc5ccccc5)cc4)c4ccc(Oc5ccccc5)cc4c(-c4ccc(C(F)(F)F)cc4)c23)cc1. The highest BCUT2D eigenvalue weighted by Crippen LogP contribution is 2.55. The van der Waals surface area contributed by atoms with E-state index in [1.165, 1.54) is 12.1 Å². The van der Waals surface area contributed by atoms with Gasteiger partial charge < -0.3 is 14.2 Å². The summed E-state index contributed by atoms with van der Waals surface area (Å²) in [6, 6.07) is 72.0. The first kappa shape index (κ1) is 43.0. The number of rotatable bonds is 10. The van der Waals surface area contributed by atoms with E-state index in [-0.39, 0.29) is 0 Å². The van der Waals surface area contributed by atoms with E-state index in [9.17, 15) is 13.2 Å². The normalized spacial score (nSPS) is 11.6. The minimum absolute atomic E-state index is 0.581. The molecular weight excluding hydrogens is 862 g/mol. The molecule has 0 aliphatic carbocycles. The minimum atomic E-state index is -4.53. The predicted molar refractivity (Wildman–Crippen MR) is 275 cm³/mol. The van der Waals surface area contributed by atoms with Crippen molar-refractivity contribution in [1.29, 1.82) is 0 Å². The van der Waals surface area contributed by atoms with Crippen LogP contribution in [0.4, 0.5) is 13.2 Å². The van der Waals surface area contributed by atoms with Gasteiger partial charge in [0.2, 0.25) is 0 Å². The van der Waals surface area contributed by atoms with E-state index in [4.69, 9.17) is 14.2 Å². The molecule has 0 saturated carbocycles. The van der Waals surface area contributed by atoms with Gasteiger partial charge in [-0.1, -0.05) is 151 Å². The van der Waals surface area contributed by atoms with Crippen LogP contribution < -0.4 is 14.2 Å². The van der Waals surface area contributed by atoms with Crippen LogP contribution in [0, 0.1) is 13.8 Å². The molecule has 0 saturated heterocycles. The topological polar surface area (TPSA) is 27.7 Å². The third-order valence-corrected chi connectivity index (χ3v) is 12.6. The second kappa shape index (κ2) is 17.9. The number of hydrogen-bond donors (Lipinski definition) is 0. The summed E-state index contributed by atoms with van der Waals surface area (Å²) in [4.78, 5) is 0. The summed E-state index contributed by atoms with van der Waals surface area (Å²) in [5, 5.41) is 5.39. The Morgan fingerprint density at radius 2 is 0.580 bits per heavy atom. The highest BCUT2D eigenvalue weighted by atomic mass is 19.4. The van der Waals surface area contributed by atoms with Gasteiger partial charge in [0.1, 0.15) is 34.5 Å². The van der Waals surface area contributed by atoms with Crippen molar-refractivity contribution in [2.45, 2.75) is 20.0 Å². The molecule has 0 aromatic heterocycles. The van der Waals surface area contributed by atoms with Crippen LogP contribution in [0.1, 0.15) is 16.7 Å². The second-order valence-corrected chi connectivity index (χ2v) is 17.2. The quantitative estimate of drug-likeness (QED) is 0.128. The fraction of sp³-hybridized carbons (Fsp3) is 0.0476. The predicted octanol–water partition coefficient (Wildman–Crippen LogP) is 18.8. The molecule has 11 aromatic carbocycles. The summed E-state index contributed by atoms with van der Waals surface area (Å²) in [6.45, 7) is 4.13. The van der Waals surface area contributed by atoms with Gasteiger partial charge in [0.25, 0.3) is 0 Å². The molecule has 0 unspecified atom stereocenters. The number of halogens is 3. The zero-order valence-corrected chi connectivity index (χ0v) is 37.7. The number of para-hydroxylation sites is 3. The molecular formula is C63H43F3O3. The van der Waals surface area contributed by atoms with Crippen molar-refractivity contribution in [3.63, 3.8) is 0 Å². The molecule has 334 valence electrons. The molecule has 0 fully saturated rings. The number of benzene rings is 11. The average Bonchev–Trinajstić information content (AvgIpc) is 3.37. The maximum absolute atomic E-state index is 14.4. The third kappa shape index (κ3) is 8.53. The van der Waals surface area contributed by atoms with Crippen LogP contribution >= 0.6 is 0 Å². The van der Waals surface area contributed by atoms with Gasteiger partial charge in [-0.15, -0.1) is 0 Å². The summed E-state index contributed by atoms with van der Waals surface area (Å²) in [6.07, 6.45) is -4.53. The number of fused-ring (bicyclic) bond motifs is 3. The standard InChI is InChI=1S/C63H43F3O3/c1-40-18-22-42(23-19-40)57-53-36-34-51(68-48-14-8-4-9-15-48)38-55(53)59(43-24-20-41(2)21-25-43)62-58(45-28-32-50(33-29-45)67-47-12-6-3-7-13-47)54-37-35-52(69-49-16-10-5-11-17-49)39-56(54)60(61(57)62)44-26-30-46(31-27-44)63(64,65)66/h3-39H,1-2H3. The molecule has 6 heteroatoms. The van der Waals surface area contributed by atoms with Crippen LogP contribution in [-0.4, -0.2) is 0 Å². The second-order valence-electron chi connectivity index (χ2n) is 17.2. The van der Waals surface area contributed by atoms with Gasteiger partial charge in [-0.3, -0.25) is 0 Å². The lowest BCUT2D eigenvalue weighted by molar-refractivity contribution is -0.137. The van der Waals surface area contributed by atoms with Gasteiger partial charge in [0.15, 0.2) is 0 Å². The molecule has 0 heterocycles. The third-order valence-electron chi connectivity index (χ3n) is 12.6. The number of aryl methyl sites for hydroxylation is 2. The first-order chi connectivity index (χ1) is 33.6. The first-order valence-electron chi connectivity index (χ1n) is 22.8. The molecule has 11 rings (SSSR count). The van der Waals surface area contributed by atoms with Gasteiger partial charge in [0, 0.05) is 0 Å². The highest BCUT2D eigenvalue weighted by molar-refractivity contribution is 6.34. The van der Waals surface area contributed by atoms with Crippen LogP contribution in [-0.2, 0) is 6.18 Å². The zero-order chi connectivity index (χ0) is 47.1. The van der Waals surface area contributed by atoms with Crippen LogP contribution in [0.5, 0.6) is 34.5 Å². The monoisotopic (exact) mass is 904 g/mol. The summed E-state index contributed by atoms with van der Waals surface area (Å²) >= 11 is 0. The van der Waals surface area contributed by atoms with Crippen molar-refractivity contribution < 1.29 is 27.4 Å². The Balaban J connectivity index is 1.34. The molecule has 69 heavy (non-hydrogen) atoms. The maximum atomic E-state index is 14.4. The van der Waals surface area contributed by atoms with E-state index in [0.29, 0.717) is 34.3 Å². The van der Waals surface area contributed by atoms with Crippen LogP contribution in [0.3, 0.4) is 0 Å².